The maximum atomic E-state index is 12.4. The minimum absolute atomic E-state index is 0.0278. The monoisotopic (exact) mass is 290 g/mol. The third-order valence-electron chi connectivity index (χ3n) is 5.17. The van der Waals surface area contributed by atoms with E-state index in [1.54, 1.807) is 12.1 Å². The lowest BCUT2D eigenvalue weighted by Gasteiger charge is -2.55. The largest absolute Gasteiger partial charge is 0.349 e. The highest BCUT2D eigenvalue weighted by molar-refractivity contribution is 6.30. The maximum absolute atomic E-state index is 12.4. The van der Waals surface area contributed by atoms with Gasteiger partial charge in [-0.05, 0) is 48.8 Å². The average molecular weight is 291 g/mol. The summed E-state index contributed by atoms with van der Waals surface area (Å²) in [7, 11) is 0. The van der Waals surface area contributed by atoms with Crippen molar-refractivity contribution in [2.45, 2.75) is 18.9 Å². The van der Waals surface area contributed by atoms with Crippen LogP contribution in [0.3, 0.4) is 0 Å². The number of hydrogen-bond acceptors (Lipinski definition) is 2. The molecule has 0 radical (unpaired) electrons. The molecule has 3 heterocycles. The number of nitrogens with one attached hydrogen (secondary N) is 1. The molecule has 1 aromatic carbocycles. The van der Waals surface area contributed by atoms with Crippen LogP contribution in [0.5, 0.6) is 0 Å². The summed E-state index contributed by atoms with van der Waals surface area (Å²) < 4.78 is 0. The topological polar surface area (TPSA) is 32.3 Å². The lowest BCUT2D eigenvalue weighted by Crippen LogP contribution is -2.64. The molecule has 0 spiro atoms. The van der Waals surface area contributed by atoms with E-state index in [9.17, 15) is 4.79 Å². The summed E-state index contributed by atoms with van der Waals surface area (Å²) in [5.74, 6) is 2.18. The summed E-state index contributed by atoms with van der Waals surface area (Å²) in [6.07, 6.45) is 2.57. The minimum Gasteiger partial charge on any atom is -0.349 e. The highest BCUT2D eigenvalue weighted by atomic mass is 35.5. The van der Waals surface area contributed by atoms with Crippen molar-refractivity contribution >= 4 is 17.5 Å². The number of amides is 1. The SMILES string of the molecule is O=C(NC1[C@H]2CC3C[C@H]1CN(C3)C2)c1cccc(Cl)c1. The van der Waals surface area contributed by atoms with E-state index in [-0.39, 0.29) is 5.91 Å². The van der Waals surface area contributed by atoms with E-state index in [4.69, 9.17) is 11.6 Å². The summed E-state index contributed by atoms with van der Waals surface area (Å²) in [5.41, 5.74) is 0.673. The van der Waals surface area contributed by atoms with E-state index in [0.717, 1.165) is 19.0 Å². The van der Waals surface area contributed by atoms with Crippen molar-refractivity contribution in [2.75, 3.05) is 19.6 Å². The molecule has 4 fully saturated rings. The molecular weight excluding hydrogens is 272 g/mol. The molecule has 1 aliphatic carbocycles. The third kappa shape index (κ3) is 2.13. The van der Waals surface area contributed by atoms with Crippen LogP contribution in [0, 0.1) is 17.8 Å². The van der Waals surface area contributed by atoms with Gasteiger partial charge in [-0.25, -0.2) is 0 Å². The quantitative estimate of drug-likeness (QED) is 0.907. The van der Waals surface area contributed by atoms with Crippen molar-refractivity contribution in [1.82, 2.24) is 10.2 Å². The minimum atomic E-state index is 0.0278. The highest BCUT2D eigenvalue weighted by Gasteiger charge is 2.47. The number of carbonyl (C=O) groups is 1. The molecule has 0 unspecified atom stereocenters. The Labute approximate surface area is 124 Å². The average Bonchev–Trinajstić information content (AvgIpc) is 2.42. The molecule has 4 heteroatoms. The van der Waals surface area contributed by atoms with Gasteiger partial charge in [-0.2, -0.15) is 0 Å². The fourth-order valence-electron chi connectivity index (χ4n) is 4.51. The molecule has 3 nitrogen and oxygen atoms in total. The normalized spacial score (nSPS) is 38.0. The van der Waals surface area contributed by atoms with Crippen LogP contribution in [0.2, 0.25) is 5.02 Å². The summed E-state index contributed by atoms with van der Waals surface area (Å²) in [6.45, 7) is 3.60. The Morgan fingerprint density at radius 2 is 1.95 bits per heavy atom. The van der Waals surface area contributed by atoms with E-state index < -0.39 is 0 Å². The molecule has 3 aliphatic heterocycles. The van der Waals surface area contributed by atoms with E-state index in [1.165, 1.54) is 19.4 Å². The number of rotatable bonds is 2. The summed E-state index contributed by atoms with van der Waals surface area (Å²) in [6, 6.07) is 7.57. The molecule has 1 N–H and O–H groups in total. The lowest BCUT2D eigenvalue weighted by molar-refractivity contribution is -0.0418. The number of halogens is 1. The summed E-state index contributed by atoms with van der Waals surface area (Å²) in [5, 5.41) is 3.90. The number of carbonyl (C=O) groups excluding carboxylic acids is 1. The zero-order valence-corrected chi connectivity index (χ0v) is 12.1. The van der Waals surface area contributed by atoms with Crippen LogP contribution in [0.4, 0.5) is 0 Å². The predicted molar refractivity (Wildman–Crippen MR) is 78.9 cm³/mol. The molecule has 1 saturated carbocycles. The number of hydrogen-bond donors (Lipinski definition) is 1. The second-order valence-electron chi connectivity index (χ2n) is 6.59. The van der Waals surface area contributed by atoms with Crippen LogP contribution in [0.25, 0.3) is 0 Å². The van der Waals surface area contributed by atoms with Crippen LogP contribution in [0.1, 0.15) is 23.2 Å². The molecule has 4 bridgehead atoms. The molecule has 4 aliphatic rings. The summed E-state index contributed by atoms with van der Waals surface area (Å²) >= 11 is 5.97. The molecular formula is C16H19ClN2O. The van der Waals surface area contributed by atoms with Gasteiger partial charge in [-0.1, -0.05) is 17.7 Å². The highest BCUT2D eigenvalue weighted by Crippen LogP contribution is 2.43. The predicted octanol–water partition coefficient (Wildman–Crippen LogP) is 2.41. The Morgan fingerprint density at radius 1 is 1.20 bits per heavy atom. The van der Waals surface area contributed by atoms with Gasteiger partial charge < -0.3 is 10.2 Å². The van der Waals surface area contributed by atoms with Crippen molar-refractivity contribution < 1.29 is 4.79 Å². The Balaban J connectivity index is 1.50. The summed E-state index contributed by atoms with van der Waals surface area (Å²) in [4.78, 5) is 15.0. The van der Waals surface area contributed by atoms with Gasteiger partial charge in [0, 0.05) is 36.3 Å². The van der Waals surface area contributed by atoms with Crippen molar-refractivity contribution in [2.24, 2.45) is 17.8 Å². The van der Waals surface area contributed by atoms with Gasteiger partial charge in [0.25, 0.3) is 5.91 Å². The fourth-order valence-corrected chi connectivity index (χ4v) is 4.70. The molecule has 20 heavy (non-hydrogen) atoms. The Morgan fingerprint density at radius 3 is 2.60 bits per heavy atom. The number of nitrogens with zero attached hydrogens (tertiary/aromatic N) is 1. The van der Waals surface area contributed by atoms with Gasteiger partial charge in [0.15, 0.2) is 0 Å². The lowest BCUT2D eigenvalue weighted by atomic mass is 9.65. The zero-order valence-electron chi connectivity index (χ0n) is 11.4. The first-order valence-electron chi connectivity index (χ1n) is 7.48. The van der Waals surface area contributed by atoms with Gasteiger partial charge in [-0.3, -0.25) is 4.79 Å². The molecule has 3 saturated heterocycles. The van der Waals surface area contributed by atoms with E-state index in [0.29, 0.717) is 28.5 Å². The molecule has 2 atom stereocenters. The Bertz CT molecular complexity index is 517. The first kappa shape index (κ1) is 12.7. The maximum Gasteiger partial charge on any atom is 0.251 e. The van der Waals surface area contributed by atoms with Crippen LogP contribution in [-0.2, 0) is 0 Å². The Hall–Kier alpha value is -1.06. The van der Waals surface area contributed by atoms with Crippen molar-refractivity contribution in [3.05, 3.63) is 34.9 Å². The standard InChI is InChI=1S/C16H19ClN2O/c17-14-3-1-2-11(6-14)16(20)18-15-12-4-10-5-13(15)9-19(7-10)8-12/h1-3,6,10,12-13,15H,4-5,7-9H2,(H,18,20)/t10?,12-,13-,15?/m0/s1. The van der Waals surface area contributed by atoms with Crippen molar-refractivity contribution in [3.8, 4) is 0 Å². The molecule has 1 aromatic rings. The van der Waals surface area contributed by atoms with E-state index >= 15 is 0 Å². The van der Waals surface area contributed by atoms with Crippen molar-refractivity contribution in [3.63, 3.8) is 0 Å². The van der Waals surface area contributed by atoms with Gasteiger partial charge in [0.2, 0.25) is 0 Å². The second-order valence-corrected chi connectivity index (χ2v) is 7.02. The van der Waals surface area contributed by atoms with Gasteiger partial charge in [0.05, 0.1) is 0 Å². The zero-order chi connectivity index (χ0) is 13.7. The van der Waals surface area contributed by atoms with Gasteiger partial charge in [-0.15, -0.1) is 0 Å². The molecule has 0 aromatic heterocycles. The molecule has 106 valence electrons. The molecule has 1 amide bonds. The smallest absolute Gasteiger partial charge is 0.251 e. The van der Waals surface area contributed by atoms with Crippen LogP contribution >= 0.6 is 11.6 Å². The van der Waals surface area contributed by atoms with E-state index in [1.807, 2.05) is 12.1 Å². The number of benzene rings is 1. The second kappa shape index (κ2) is 4.74. The van der Waals surface area contributed by atoms with Gasteiger partial charge in [0.1, 0.15) is 0 Å². The van der Waals surface area contributed by atoms with Crippen molar-refractivity contribution in [1.29, 1.82) is 0 Å². The van der Waals surface area contributed by atoms with Crippen LogP contribution < -0.4 is 5.32 Å². The number of piperidine rings is 3. The van der Waals surface area contributed by atoms with Gasteiger partial charge >= 0.3 is 0 Å². The van der Waals surface area contributed by atoms with Crippen LogP contribution in [-0.4, -0.2) is 36.5 Å². The van der Waals surface area contributed by atoms with Crippen LogP contribution in [0.15, 0.2) is 24.3 Å². The first-order valence-corrected chi connectivity index (χ1v) is 7.85. The van der Waals surface area contributed by atoms with E-state index in [2.05, 4.69) is 10.2 Å². The third-order valence-corrected chi connectivity index (χ3v) is 5.41. The fraction of sp³-hybridized carbons (Fsp3) is 0.562. The first-order chi connectivity index (χ1) is 9.69. The molecule has 5 rings (SSSR count). The Kier molecular flexibility index (Phi) is 3.00.